The van der Waals surface area contributed by atoms with Gasteiger partial charge >= 0.3 is 19.8 Å². The summed E-state index contributed by atoms with van der Waals surface area (Å²) in [6.07, 6.45) is 31.1. The van der Waals surface area contributed by atoms with E-state index in [0.29, 0.717) is 12.8 Å². The maximum absolute atomic E-state index is 12.5. The van der Waals surface area contributed by atoms with Crippen molar-refractivity contribution in [3.63, 3.8) is 0 Å². The van der Waals surface area contributed by atoms with Crippen molar-refractivity contribution in [2.75, 3.05) is 26.4 Å². The molecular formula is C36H63O10P. The molecule has 0 amide bonds. The second-order valence-corrected chi connectivity index (χ2v) is 13.0. The first-order chi connectivity index (χ1) is 22.7. The Morgan fingerprint density at radius 2 is 1.17 bits per heavy atom. The second-order valence-electron chi connectivity index (χ2n) is 11.5. The van der Waals surface area contributed by atoms with Gasteiger partial charge in [0.1, 0.15) is 12.7 Å². The molecule has 272 valence electrons. The lowest BCUT2D eigenvalue weighted by Gasteiger charge is -2.20. The molecule has 0 saturated carbocycles. The van der Waals surface area contributed by atoms with Gasteiger partial charge in [0.05, 0.1) is 19.8 Å². The molecule has 0 radical (unpaired) electrons. The quantitative estimate of drug-likeness (QED) is 0.0274. The average Bonchev–Trinajstić information content (AvgIpc) is 3.05. The van der Waals surface area contributed by atoms with E-state index >= 15 is 0 Å². The Morgan fingerprint density at radius 1 is 0.660 bits per heavy atom. The molecule has 0 aliphatic carbocycles. The fraction of sp³-hybridized carbons (Fsp3) is 0.722. The third-order valence-electron chi connectivity index (χ3n) is 7.01. The minimum Gasteiger partial charge on any atom is -0.462 e. The third kappa shape index (κ3) is 32.3. The van der Waals surface area contributed by atoms with Crippen molar-refractivity contribution in [2.24, 2.45) is 0 Å². The summed E-state index contributed by atoms with van der Waals surface area (Å²) in [6, 6.07) is 0. The van der Waals surface area contributed by atoms with Crippen LogP contribution in [0.5, 0.6) is 0 Å². The highest BCUT2D eigenvalue weighted by Crippen LogP contribution is 2.43. The Labute approximate surface area is 283 Å². The van der Waals surface area contributed by atoms with Crippen molar-refractivity contribution in [3.8, 4) is 0 Å². The predicted octanol–water partition coefficient (Wildman–Crippen LogP) is 8.21. The van der Waals surface area contributed by atoms with Crippen LogP contribution >= 0.6 is 7.82 Å². The zero-order chi connectivity index (χ0) is 34.9. The lowest BCUT2D eigenvalue weighted by molar-refractivity contribution is -0.161. The number of allylic oxidation sites excluding steroid dienone is 8. The summed E-state index contributed by atoms with van der Waals surface area (Å²) in [5.41, 5.74) is 0. The summed E-state index contributed by atoms with van der Waals surface area (Å²) in [5.74, 6) is -1.02. The molecule has 10 nitrogen and oxygen atoms in total. The van der Waals surface area contributed by atoms with Gasteiger partial charge in [-0.05, 0) is 38.5 Å². The molecule has 0 spiro atoms. The monoisotopic (exact) mass is 686 g/mol. The zero-order valence-corrected chi connectivity index (χ0v) is 29.9. The van der Waals surface area contributed by atoms with Crippen LogP contribution in [0.3, 0.4) is 0 Å². The molecule has 0 bridgehead atoms. The summed E-state index contributed by atoms with van der Waals surface area (Å²) < 4.78 is 32.4. The Balaban J connectivity index is 4.54. The number of aliphatic hydroxyl groups is 2. The van der Waals surface area contributed by atoms with Crippen LogP contribution in [-0.4, -0.2) is 65.7 Å². The number of esters is 2. The van der Waals surface area contributed by atoms with Gasteiger partial charge < -0.3 is 24.6 Å². The number of phosphoric ester groups is 1. The van der Waals surface area contributed by atoms with Crippen LogP contribution in [-0.2, 0) is 32.7 Å². The van der Waals surface area contributed by atoms with Gasteiger partial charge in [-0.2, -0.15) is 0 Å². The molecule has 0 aliphatic heterocycles. The summed E-state index contributed by atoms with van der Waals surface area (Å²) >= 11 is 0. The average molecular weight is 687 g/mol. The SMILES string of the molecule is CC/C=C\C/C=C\C/C=C\C/C=C\CCC(=O)OC(COC(=O)CCCCCCCCCCCCC)COP(=O)(O)OCC(O)CO. The van der Waals surface area contributed by atoms with Crippen molar-refractivity contribution in [2.45, 2.75) is 142 Å². The summed E-state index contributed by atoms with van der Waals surface area (Å²) in [4.78, 5) is 34.6. The Hall–Kier alpha value is -2.07. The smallest absolute Gasteiger partial charge is 0.462 e. The maximum Gasteiger partial charge on any atom is 0.472 e. The standard InChI is InChI=1S/C36H63O10P/c1-3-5-7-9-11-13-15-16-18-20-22-24-26-28-36(40)46-34(32-45-47(41,42)44-30-33(38)29-37)31-43-35(39)27-25-23-21-19-17-14-12-10-8-6-4-2/h5,7,11,13,16,18,22,24,33-34,37-38H,3-4,6,8-10,12,14-15,17,19-21,23,25-32H2,1-2H3,(H,41,42)/b7-5-,13-11-,18-16-,24-22-. The van der Waals surface area contributed by atoms with Crippen LogP contribution in [0.25, 0.3) is 0 Å². The number of rotatable bonds is 32. The van der Waals surface area contributed by atoms with E-state index in [2.05, 4.69) is 48.8 Å². The highest BCUT2D eigenvalue weighted by molar-refractivity contribution is 7.47. The third-order valence-corrected chi connectivity index (χ3v) is 7.96. The predicted molar refractivity (Wildman–Crippen MR) is 187 cm³/mol. The highest BCUT2D eigenvalue weighted by atomic mass is 31.2. The van der Waals surface area contributed by atoms with Crippen LogP contribution in [0.15, 0.2) is 48.6 Å². The van der Waals surface area contributed by atoms with Gasteiger partial charge in [-0.25, -0.2) is 4.57 Å². The van der Waals surface area contributed by atoms with Crippen molar-refractivity contribution in [1.82, 2.24) is 0 Å². The summed E-state index contributed by atoms with van der Waals surface area (Å²) in [7, 11) is -4.62. The Morgan fingerprint density at radius 3 is 1.72 bits per heavy atom. The fourth-order valence-corrected chi connectivity index (χ4v) is 5.09. The minimum absolute atomic E-state index is 0.0629. The van der Waals surface area contributed by atoms with Gasteiger partial charge in [0, 0.05) is 12.8 Å². The van der Waals surface area contributed by atoms with E-state index < -0.39 is 51.8 Å². The molecule has 0 fully saturated rings. The summed E-state index contributed by atoms with van der Waals surface area (Å²) in [5, 5.41) is 18.2. The fourth-order valence-electron chi connectivity index (χ4n) is 4.30. The van der Waals surface area contributed by atoms with E-state index in [4.69, 9.17) is 19.1 Å². The molecule has 0 aromatic rings. The van der Waals surface area contributed by atoms with Crippen LogP contribution in [0.2, 0.25) is 0 Å². The second kappa shape index (κ2) is 32.5. The molecule has 3 unspecified atom stereocenters. The van der Waals surface area contributed by atoms with E-state index in [1.54, 1.807) is 0 Å². The normalized spacial score (nSPS) is 14.7. The minimum atomic E-state index is -4.62. The van der Waals surface area contributed by atoms with E-state index in [-0.39, 0.29) is 19.4 Å². The van der Waals surface area contributed by atoms with Gasteiger partial charge in [0.15, 0.2) is 6.10 Å². The van der Waals surface area contributed by atoms with E-state index in [0.717, 1.165) is 44.9 Å². The molecule has 0 saturated heterocycles. The molecular weight excluding hydrogens is 623 g/mol. The van der Waals surface area contributed by atoms with E-state index in [1.807, 2.05) is 18.2 Å². The first-order valence-corrected chi connectivity index (χ1v) is 19.1. The molecule has 47 heavy (non-hydrogen) atoms. The molecule has 0 heterocycles. The molecule has 0 aromatic carbocycles. The van der Waals surface area contributed by atoms with Crippen molar-refractivity contribution in [1.29, 1.82) is 0 Å². The van der Waals surface area contributed by atoms with E-state index in [1.165, 1.54) is 44.9 Å². The Kier molecular flexibility index (Phi) is 31.0. The topological polar surface area (TPSA) is 149 Å². The van der Waals surface area contributed by atoms with Crippen molar-refractivity contribution < 1.29 is 47.8 Å². The number of phosphoric acid groups is 1. The molecule has 0 aliphatic rings. The van der Waals surface area contributed by atoms with Gasteiger partial charge in [-0.1, -0.05) is 127 Å². The number of hydrogen-bond acceptors (Lipinski definition) is 9. The van der Waals surface area contributed by atoms with Crippen LogP contribution < -0.4 is 0 Å². The van der Waals surface area contributed by atoms with Gasteiger partial charge in [0.25, 0.3) is 0 Å². The lowest BCUT2D eigenvalue weighted by atomic mass is 10.1. The van der Waals surface area contributed by atoms with E-state index in [9.17, 15) is 24.2 Å². The number of carbonyl (C=O) groups excluding carboxylic acids is 2. The largest absolute Gasteiger partial charge is 0.472 e. The zero-order valence-electron chi connectivity index (χ0n) is 29.0. The number of unbranched alkanes of at least 4 members (excludes halogenated alkanes) is 10. The lowest BCUT2D eigenvalue weighted by Crippen LogP contribution is -2.29. The van der Waals surface area contributed by atoms with Crippen LogP contribution in [0.1, 0.15) is 129 Å². The van der Waals surface area contributed by atoms with Crippen molar-refractivity contribution >= 4 is 19.8 Å². The van der Waals surface area contributed by atoms with Gasteiger partial charge in [-0.15, -0.1) is 0 Å². The van der Waals surface area contributed by atoms with Gasteiger partial charge in [0.2, 0.25) is 0 Å². The number of hydrogen-bond donors (Lipinski definition) is 3. The number of aliphatic hydroxyl groups excluding tert-OH is 2. The van der Waals surface area contributed by atoms with Crippen LogP contribution in [0.4, 0.5) is 0 Å². The highest BCUT2D eigenvalue weighted by Gasteiger charge is 2.27. The van der Waals surface area contributed by atoms with Crippen molar-refractivity contribution in [3.05, 3.63) is 48.6 Å². The van der Waals surface area contributed by atoms with Crippen LogP contribution in [0, 0.1) is 0 Å². The Bertz CT molecular complexity index is 931. The number of carbonyl (C=O) groups is 2. The molecule has 3 atom stereocenters. The molecule has 3 N–H and O–H groups in total. The first-order valence-electron chi connectivity index (χ1n) is 17.6. The first kappa shape index (κ1) is 44.9. The molecule has 0 aromatic heterocycles. The number of ether oxygens (including phenoxy) is 2. The molecule has 11 heteroatoms. The van der Waals surface area contributed by atoms with Gasteiger partial charge in [-0.3, -0.25) is 18.6 Å². The maximum atomic E-state index is 12.5. The summed E-state index contributed by atoms with van der Waals surface area (Å²) in [6.45, 7) is 2.13. The molecule has 0 rings (SSSR count).